The second kappa shape index (κ2) is 9.17. The molecule has 0 saturated carbocycles. The number of aromatic nitrogens is 2. The fourth-order valence-electron chi connectivity index (χ4n) is 4.19. The van der Waals surface area contributed by atoms with Gasteiger partial charge in [0, 0.05) is 43.7 Å². The number of unbranched alkanes of at least 4 members (excludes halogenated alkanes) is 1. The quantitative estimate of drug-likeness (QED) is 0.409. The van der Waals surface area contributed by atoms with E-state index in [2.05, 4.69) is 50.7 Å². The zero-order valence-corrected chi connectivity index (χ0v) is 16.6. The van der Waals surface area contributed by atoms with Crippen LogP contribution in [-0.4, -0.2) is 46.5 Å². The Morgan fingerprint density at radius 2 is 2.07 bits per heavy atom. The molecule has 6 heteroatoms. The van der Waals surface area contributed by atoms with Crippen molar-refractivity contribution in [1.82, 2.24) is 20.2 Å². The SMILES string of the molecule is C#CCCCNC(C=O)N1CCc2nc(NC3Cc4ccccc4C3)ncc2C1. The smallest absolute Gasteiger partial charge is 0.223 e. The predicted molar refractivity (Wildman–Crippen MR) is 113 cm³/mol. The number of rotatable bonds is 8. The maximum absolute atomic E-state index is 11.5. The minimum atomic E-state index is -0.296. The molecule has 0 bridgehead atoms. The van der Waals surface area contributed by atoms with Gasteiger partial charge in [-0.3, -0.25) is 10.2 Å². The van der Waals surface area contributed by atoms with E-state index in [1.54, 1.807) is 0 Å². The number of nitrogens with zero attached hydrogens (tertiary/aromatic N) is 3. The fourth-order valence-corrected chi connectivity index (χ4v) is 4.19. The highest BCUT2D eigenvalue weighted by molar-refractivity contribution is 5.57. The maximum Gasteiger partial charge on any atom is 0.223 e. The highest BCUT2D eigenvalue weighted by Crippen LogP contribution is 2.24. The fraction of sp³-hybridized carbons (Fsp3) is 0.435. The Morgan fingerprint density at radius 1 is 1.28 bits per heavy atom. The van der Waals surface area contributed by atoms with E-state index in [1.165, 1.54) is 11.1 Å². The van der Waals surface area contributed by atoms with Gasteiger partial charge in [-0.15, -0.1) is 12.3 Å². The number of carbonyl (C=O) groups excluding carboxylic acids is 1. The van der Waals surface area contributed by atoms with Crippen LogP contribution in [0.4, 0.5) is 5.95 Å². The summed E-state index contributed by atoms with van der Waals surface area (Å²) in [6.45, 7) is 2.21. The van der Waals surface area contributed by atoms with Gasteiger partial charge in [-0.2, -0.15) is 0 Å². The molecule has 29 heavy (non-hydrogen) atoms. The van der Waals surface area contributed by atoms with Gasteiger partial charge in [0.05, 0.1) is 5.69 Å². The molecule has 0 radical (unpaired) electrons. The second-order valence-corrected chi connectivity index (χ2v) is 7.75. The van der Waals surface area contributed by atoms with Gasteiger partial charge >= 0.3 is 0 Å². The van der Waals surface area contributed by atoms with Crippen LogP contribution in [0.25, 0.3) is 0 Å². The third kappa shape index (κ3) is 4.64. The number of fused-ring (bicyclic) bond motifs is 2. The molecule has 0 spiro atoms. The molecule has 2 N–H and O–H groups in total. The van der Waals surface area contributed by atoms with E-state index in [4.69, 9.17) is 11.4 Å². The summed E-state index contributed by atoms with van der Waals surface area (Å²) in [6.07, 6.45) is 12.3. The van der Waals surface area contributed by atoms with E-state index in [9.17, 15) is 4.79 Å². The van der Waals surface area contributed by atoms with E-state index in [0.29, 0.717) is 18.5 Å². The average Bonchev–Trinajstić information content (AvgIpc) is 3.16. The molecule has 6 nitrogen and oxygen atoms in total. The Bertz CT molecular complexity index is 881. The Hall–Kier alpha value is -2.75. The Labute approximate surface area is 172 Å². The number of terminal acetylenes is 1. The molecule has 2 aromatic rings. The van der Waals surface area contributed by atoms with Crippen molar-refractivity contribution < 1.29 is 4.79 Å². The molecule has 0 saturated heterocycles. The van der Waals surface area contributed by atoms with Crippen molar-refractivity contribution in [2.24, 2.45) is 0 Å². The Kier molecular flexibility index (Phi) is 6.18. The summed E-state index contributed by atoms with van der Waals surface area (Å²) in [5.74, 6) is 3.33. The standard InChI is InChI=1S/C23H27N5O/c1-2-3-6-10-24-22(16-29)28-11-9-21-19(15-28)14-25-23(27-21)26-20-12-17-7-4-5-8-18(17)13-20/h1,4-5,7-8,14,16,20,22,24H,3,6,9-13,15H2,(H,25,26,27). The van der Waals surface area contributed by atoms with Crippen molar-refractivity contribution in [1.29, 1.82) is 0 Å². The molecule has 2 aliphatic rings. The summed E-state index contributed by atoms with van der Waals surface area (Å²) in [4.78, 5) is 23.0. The van der Waals surface area contributed by atoms with E-state index < -0.39 is 0 Å². The number of hydrogen-bond acceptors (Lipinski definition) is 6. The van der Waals surface area contributed by atoms with Crippen molar-refractivity contribution in [2.45, 2.75) is 50.9 Å². The first kappa shape index (κ1) is 19.6. The lowest BCUT2D eigenvalue weighted by Gasteiger charge is -2.32. The monoisotopic (exact) mass is 389 g/mol. The first-order valence-corrected chi connectivity index (χ1v) is 10.3. The molecule has 1 aromatic heterocycles. The molecular weight excluding hydrogens is 362 g/mol. The van der Waals surface area contributed by atoms with E-state index in [1.807, 2.05) is 6.20 Å². The molecule has 2 heterocycles. The highest BCUT2D eigenvalue weighted by atomic mass is 16.1. The summed E-state index contributed by atoms with van der Waals surface area (Å²) in [5.41, 5.74) is 4.99. The first-order valence-electron chi connectivity index (χ1n) is 10.3. The molecule has 1 unspecified atom stereocenters. The van der Waals surface area contributed by atoms with Crippen LogP contribution in [0.1, 0.15) is 35.2 Å². The molecular formula is C23H27N5O. The number of anilines is 1. The van der Waals surface area contributed by atoms with Gasteiger partial charge in [0.2, 0.25) is 5.95 Å². The van der Waals surface area contributed by atoms with Crippen molar-refractivity contribution in [2.75, 3.05) is 18.4 Å². The van der Waals surface area contributed by atoms with Gasteiger partial charge < -0.3 is 10.1 Å². The van der Waals surface area contributed by atoms with Gasteiger partial charge in [0.15, 0.2) is 6.29 Å². The summed E-state index contributed by atoms with van der Waals surface area (Å²) < 4.78 is 0. The van der Waals surface area contributed by atoms with E-state index in [-0.39, 0.29) is 6.17 Å². The van der Waals surface area contributed by atoms with Crippen LogP contribution in [0.5, 0.6) is 0 Å². The van der Waals surface area contributed by atoms with Crippen LogP contribution in [0.2, 0.25) is 0 Å². The summed E-state index contributed by atoms with van der Waals surface area (Å²) >= 11 is 0. The van der Waals surface area contributed by atoms with Crippen LogP contribution in [-0.2, 0) is 30.6 Å². The van der Waals surface area contributed by atoms with Crippen LogP contribution in [0.15, 0.2) is 30.5 Å². The topological polar surface area (TPSA) is 70.2 Å². The minimum Gasteiger partial charge on any atom is -0.351 e. The Morgan fingerprint density at radius 3 is 2.79 bits per heavy atom. The van der Waals surface area contributed by atoms with Crippen LogP contribution in [0.3, 0.4) is 0 Å². The molecule has 4 rings (SSSR count). The maximum atomic E-state index is 11.5. The van der Waals surface area contributed by atoms with E-state index >= 15 is 0 Å². The lowest BCUT2D eigenvalue weighted by Crippen LogP contribution is -2.49. The van der Waals surface area contributed by atoms with Crippen LogP contribution in [0, 0.1) is 12.3 Å². The number of aldehydes is 1. The van der Waals surface area contributed by atoms with Gasteiger partial charge in [0.1, 0.15) is 6.17 Å². The molecule has 0 fully saturated rings. The van der Waals surface area contributed by atoms with Gasteiger partial charge in [-0.25, -0.2) is 9.97 Å². The largest absolute Gasteiger partial charge is 0.351 e. The van der Waals surface area contributed by atoms with Crippen LogP contribution < -0.4 is 10.6 Å². The first-order chi connectivity index (χ1) is 14.3. The minimum absolute atomic E-state index is 0.296. The third-order valence-corrected chi connectivity index (χ3v) is 5.72. The number of nitrogens with one attached hydrogen (secondary N) is 2. The third-order valence-electron chi connectivity index (χ3n) is 5.72. The normalized spacial score (nSPS) is 17.2. The number of benzene rings is 1. The lowest BCUT2D eigenvalue weighted by molar-refractivity contribution is -0.113. The Balaban J connectivity index is 1.35. The van der Waals surface area contributed by atoms with E-state index in [0.717, 1.165) is 62.7 Å². The van der Waals surface area contributed by atoms with Gasteiger partial charge in [-0.1, -0.05) is 24.3 Å². The average molecular weight is 390 g/mol. The molecule has 1 aromatic carbocycles. The molecule has 1 aliphatic carbocycles. The molecule has 1 atom stereocenters. The summed E-state index contributed by atoms with van der Waals surface area (Å²) in [7, 11) is 0. The van der Waals surface area contributed by atoms with Gasteiger partial charge in [0.25, 0.3) is 0 Å². The lowest BCUT2D eigenvalue weighted by atomic mass is 10.1. The van der Waals surface area contributed by atoms with Crippen molar-refractivity contribution in [3.8, 4) is 12.3 Å². The zero-order valence-electron chi connectivity index (χ0n) is 16.6. The molecule has 0 amide bonds. The van der Waals surface area contributed by atoms with Gasteiger partial charge in [-0.05, 0) is 36.9 Å². The number of carbonyl (C=O) groups is 1. The summed E-state index contributed by atoms with van der Waals surface area (Å²) in [5, 5.41) is 6.78. The zero-order chi connectivity index (χ0) is 20.1. The predicted octanol–water partition coefficient (Wildman–Crippen LogP) is 1.94. The van der Waals surface area contributed by atoms with Crippen molar-refractivity contribution in [3.63, 3.8) is 0 Å². The van der Waals surface area contributed by atoms with Crippen molar-refractivity contribution in [3.05, 3.63) is 52.8 Å². The number of hydrogen-bond donors (Lipinski definition) is 2. The highest BCUT2D eigenvalue weighted by Gasteiger charge is 2.25. The second-order valence-electron chi connectivity index (χ2n) is 7.75. The molecule has 1 aliphatic heterocycles. The molecule has 150 valence electrons. The van der Waals surface area contributed by atoms with Crippen molar-refractivity contribution >= 4 is 12.2 Å². The van der Waals surface area contributed by atoms with Crippen LogP contribution >= 0.6 is 0 Å². The summed E-state index contributed by atoms with van der Waals surface area (Å²) in [6, 6.07) is 8.93.